The second kappa shape index (κ2) is 10.2. The maximum atomic E-state index is 10.7. The third kappa shape index (κ3) is 11.1. The highest BCUT2D eigenvalue weighted by molar-refractivity contribution is 5.80. The largest absolute Gasteiger partial charge is 0.466 e. The Morgan fingerprint density at radius 3 is 1.79 bits per heavy atom. The van der Waals surface area contributed by atoms with Gasteiger partial charge in [-0.05, 0) is 13.3 Å². The van der Waals surface area contributed by atoms with Crippen molar-refractivity contribution < 1.29 is 14.3 Å². The highest BCUT2D eigenvalue weighted by Gasteiger charge is 2.05. The van der Waals surface area contributed by atoms with E-state index in [1.165, 1.54) is 6.92 Å². The molecule has 14 heavy (non-hydrogen) atoms. The van der Waals surface area contributed by atoms with E-state index in [4.69, 9.17) is 0 Å². The third-order valence-corrected chi connectivity index (χ3v) is 1.86. The molecule has 3 heteroatoms. The summed E-state index contributed by atoms with van der Waals surface area (Å²) in [6, 6.07) is 0. The highest BCUT2D eigenvalue weighted by Crippen LogP contribution is 2.03. The molecule has 84 valence electrons. The molecule has 0 bridgehead atoms. The number of hydrogen-bond acceptors (Lipinski definition) is 3. The number of carbonyl (C=O) groups excluding carboxylic acids is 2. The van der Waals surface area contributed by atoms with Crippen molar-refractivity contribution in [2.75, 3.05) is 6.61 Å². The average molecular weight is 202 g/mol. The molecule has 0 saturated carbocycles. The molecule has 1 atom stereocenters. The highest BCUT2D eigenvalue weighted by atomic mass is 16.5. The molecule has 0 amide bonds. The molecule has 0 fully saturated rings. The summed E-state index contributed by atoms with van der Waals surface area (Å²) < 4.78 is 4.40. The lowest BCUT2D eigenvalue weighted by Gasteiger charge is -2.02. The number of carbonyl (C=O) groups is 2. The molecule has 0 aromatic carbocycles. The number of rotatable bonds is 4. The van der Waals surface area contributed by atoms with Crippen LogP contribution in [0.4, 0.5) is 0 Å². The first-order valence-electron chi connectivity index (χ1n) is 5.15. The van der Waals surface area contributed by atoms with Crippen molar-refractivity contribution in [2.45, 2.75) is 47.5 Å². The number of Topliss-reactive ketones (excluding diaryl/α,β-unsaturated/α-hetero) is 1. The summed E-state index contributed by atoms with van der Waals surface area (Å²) >= 11 is 0. The quantitative estimate of drug-likeness (QED) is 0.658. The first-order chi connectivity index (χ1) is 6.49. The molecule has 0 spiro atoms. The Morgan fingerprint density at radius 2 is 1.71 bits per heavy atom. The molecule has 0 rings (SSSR count). The molecule has 0 aromatic rings. The second-order valence-electron chi connectivity index (χ2n) is 3.05. The Morgan fingerprint density at radius 1 is 1.21 bits per heavy atom. The maximum Gasteiger partial charge on any atom is 0.302 e. The van der Waals surface area contributed by atoms with E-state index in [2.05, 4.69) is 4.74 Å². The number of esters is 1. The molecule has 1 unspecified atom stereocenters. The van der Waals surface area contributed by atoms with E-state index in [9.17, 15) is 9.59 Å². The summed E-state index contributed by atoms with van der Waals surface area (Å²) in [7, 11) is 0. The van der Waals surface area contributed by atoms with E-state index in [0.717, 1.165) is 6.42 Å². The van der Waals surface area contributed by atoms with Crippen LogP contribution in [0, 0.1) is 5.92 Å². The lowest BCUT2D eigenvalue weighted by Crippen LogP contribution is -2.06. The molecule has 0 aromatic heterocycles. The molecule has 0 N–H and O–H groups in total. The zero-order valence-electron chi connectivity index (χ0n) is 9.92. The van der Waals surface area contributed by atoms with Crippen molar-refractivity contribution in [1.82, 2.24) is 0 Å². The van der Waals surface area contributed by atoms with Crippen molar-refractivity contribution in [3.8, 4) is 0 Å². The number of hydrogen-bond donors (Lipinski definition) is 0. The van der Waals surface area contributed by atoms with E-state index < -0.39 is 0 Å². The van der Waals surface area contributed by atoms with Gasteiger partial charge in [-0.15, -0.1) is 0 Å². The maximum absolute atomic E-state index is 10.7. The van der Waals surface area contributed by atoms with Crippen LogP contribution >= 0.6 is 0 Å². The molecular formula is C11H22O3. The first-order valence-corrected chi connectivity index (χ1v) is 5.15. The summed E-state index contributed by atoms with van der Waals surface area (Å²) in [5, 5.41) is 0. The minimum atomic E-state index is -0.211. The molecule has 3 nitrogen and oxygen atoms in total. The predicted octanol–water partition coefficient (Wildman–Crippen LogP) is 2.58. The molecule has 0 aliphatic carbocycles. The number of ketones is 1. The van der Waals surface area contributed by atoms with Gasteiger partial charge in [-0.1, -0.05) is 20.8 Å². The van der Waals surface area contributed by atoms with Crippen LogP contribution in [0.5, 0.6) is 0 Å². The monoisotopic (exact) mass is 202 g/mol. The van der Waals surface area contributed by atoms with Crippen molar-refractivity contribution >= 4 is 11.8 Å². The van der Waals surface area contributed by atoms with Gasteiger partial charge >= 0.3 is 5.97 Å². The summed E-state index contributed by atoms with van der Waals surface area (Å²) in [5.74, 6) is 0.449. The van der Waals surface area contributed by atoms with Crippen LogP contribution < -0.4 is 0 Å². The van der Waals surface area contributed by atoms with Crippen molar-refractivity contribution in [2.24, 2.45) is 5.92 Å². The smallest absolute Gasteiger partial charge is 0.302 e. The standard InChI is InChI=1S/C7H14O.C4H8O2/c1-4-6(3)7(8)5-2;1-3-6-4(2)5/h6H,4-5H2,1-3H3;3H2,1-2H3. The molecule has 0 radical (unpaired) electrons. The van der Waals surface area contributed by atoms with Crippen LogP contribution in [0.3, 0.4) is 0 Å². The minimum Gasteiger partial charge on any atom is -0.466 e. The molecule has 0 aliphatic heterocycles. The fourth-order valence-corrected chi connectivity index (χ4v) is 0.779. The van der Waals surface area contributed by atoms with Crippen molar-refractivity contribution in [1.29, 1.82) is 0 Å². The molecule has 0 heterocycles. The zero-order valence-corrected chi connectivity index (χ0v) is 9.92. The van der Waals surface area contributed by atoms with Gasteiger partial charge in [0, 0.05) is 19.3 Å². The lowest BCUT2D eigenvalue weighted by molar-refractivity contribution is -0.140. The topological polar surface area (TPSA) is 43.4 Å². The third-order valence-electron chi connectivity index (χ3n) is 1.86. The van der Waals surface area contributed by atoms with Crippen LogP contribution in [0.2, 0.25) is 0 Å². The minimum absolute atomic E-state index is 0.211. The Bertz CT molecular complexity index is 164. The Labute approximate surface area is 86.8 Å². The summed E-state index contributed by atoms with van der Waals surface area (Å²) in [4.78, 5) is 20.6. The van der Waals surface area contributed by atoms with Crippen LogP contribution in [0.25, 0.3) is 0 Å². The predicted molar refractivity (Wildman–Crippen MR) is 57.1 cm³/mol. The molecule has 0 aliphatic rings. The van der Waals surface area contributed by atoms with Gasteiger partial charge in [-0.2, -0.15) is 0 Å². The van der Waals surface area contributed by atoms with Crippen LogP contribution in [0.15, 0.2) is 0 Å². The van der Waals surface area contributed by atoms with E-state index >= 15 is 0 Å². The van der Waals surface area contributed by atoms with Crippen LogP contribution in [-0.4, -0.2) is 18.4 Å². The van der Waals surface area contributed by atoms with Crippen LogP contribution in [-0.2, 0) is 14.3 Å². The van der Waals surface area contributed by atoms with Crippen molar-refractivity contribution in [3.05, 3.63) is 0 Å². The fourth-order valence-electron chi connectivity index (χ4n) is 0.779. The van der Waals surface area contributed by atoms with Gasteiger partial charge in [0.15, 0.2) is 0 Å². The van der Waals surface area contributed by atoms with Crippen LogP contribution in [0.1, 0.15) is 47.5 Å². The van der Waals surface area contributed by atoms with Gasteiger partial charge in [0.25, 0.3) is 0 Å². The lowest BCUT2D eigenvalue weighted by atomic mass is 10.0. The molecular weight excluding hydrogens is 180 g/mol. The van der Waals surface area contributed by atoms with Crippen molar-refractivity contribution in [3.63, 3.8) is 0 Å². The Balaban J connectivity index is 0. The van der Waals surface area contributed by atoms with Gasteiger partial charge in [0.05, 0.1) is 6.61 Å². The zero-order chi connectivity index (χ0) is 11.6. The summed E-state index contributed by atoms with van der Waals surface area (Å²) in [6.45, 7) is 9.58. The van der Waals surface area contributed by atoms with E-state index in [1.807, 2.05) is 20.8 Å². The fraction of sp³-hybridized carbons (Fsp3) is 0.818. The normalized spacial score (nSPS) is 10.9. The van der Waals surface area contributed by atoms with Gasteiger partial charge in [-0.3, -0.25) is 9.59 Å². The summed E-state index contributed by atoms with van der Waals surface area (Å²) in [5.41, 5.74) is 0. The Kier molecular flexibility index (Phi) is 11.4. The SMILES string of the molecule is CCC(=O)C(C)CC.CCOC(C)=O. The van der Waals surface area contributed by atoms with Gasteiger partial charge in [-0.25, -0.2) is 0 Å². The van der Waals surface area contributed by atoms with Gasteiger partial charge in [0.1, 0.15) is 5.78 Å². The number of ether oxygens (including phenoxy) is 1. The van der Waals surface area contributed by atoms with Gasteiger partial charge in [0.2, 0.25) is 0 Å². The van der Waals surface area contributed by atoms with E-state index in [1.54, 1.807) is 6.92 Å². The average Bonchev–Trinajstić information content (AvgIpc) is 2.16. The van der Waals surface area contributed by atoms with E-state index in [0.29, 0.717) is 18.8 Å². The Hall–Kier alpha value is -0.860. The molecule has 0 saturated heterocycles. The van der Waals surface area contributed by atoms with Gasteiger partial charge < -0.3 is 4.74 Å². The van der Waals surface area contributed by atoms with E-state index in [-0.39, 0.29) is 11.9 Å². The first kappa shape index (κ1) is 15.6. The second-order valence-corrected chi connectivity index (χ2v) is 3.05. The summed E-state index contributed by atoms with van der Waals surface area (Å²) in [6.07, 6.45) is 1.67.